The van der Waals surface area contributed by atoms with Gasteiger partial charge in [0.1, 0.15) is 0 Å². The third-order valence-electron chi connectivity index (χ3n) is 4.62. The number of anilines is 2. The van der Waals surface area contributed by atoms with Crippen molar-refractivity contribution in [3.05, 3.63) is 48.0 Å². The van der Waals surface area contributed by atoms with E-state index in [2.05, 4.69) is 34.5 Å². The predicted molar refractivity (Wildman–Crippen MR) is 106 cm³/mol. The Morgan fingerprint density at radius 1 is 1.04 bits per heavy atom. The number of aryl methyl sites for hydroxylation is 1. The summed E-state index contributed by atoms with van der Waals surface area (Å²) >= 11 is 0. The van der Waals surface area contributed by atoms with E-state index in [0.717, 1.165) is 31.9 Å². The van der Waals surface area contributed by atoms with Gasteiger partial charge in [-0.3, -0.25) is 4.79 Å². The van der Waals surface area contributed by atoms with Gasteiger partial charge in [0, 0.05) is 37.0 Å². The number of rotatable bonds is 7. The molecule has 0 bridgehead atoms. The Morgan fingerprint density at radius 3 is 2.41 bits per heavy atom. The van der Waals surface area contributed by atoms with E-state index in [0.29, 0.717) is 30.0 Å². The van der Waals surface area contributed by atoms with E-state index < -0.39 is 0 Å². The zero-order chi connectivity index (χ0) is 19.1. The molecular formula is C21H26N2O4. The second-order valence-electron chi connectivity index (χ2n) is 6.38. The molecule has 0 aliphatic carbocycles. The molecule has 6 nitrogen and oxygen atoms in total. The summed E-state index contributed by atoms with van der Waals surface area (Å²) in [5.74, 6) is 1.20. The molecule has 2 aromatic carbocycles. The summed E-state index contributed by atoms with van der Waals surface area (Å²) < 4.78 is 15.9. The first-order valence-corrected chi connectivity index (χ1v) is 9.13. The van der Waals surface area contributed by atoms with Gasteiger partial charge in [0.15, 0.2) is 11.5 Å². The van der Waals surface area contributed by atoms with Crippen LogP contribution in [0, 0.1) is 0 Å². The average molecular weight is 370 g/mol. The summed E-state index contributed by atoms with van der Waals surface area (Å²) in [6.45, 7) is 3.40. The molecule has 0 aromatic heterocycles. The lowest BCUT2D eigenvalue weighted by molar-refractivity contribution is -0.116. The summed E-state index contributed by atoms with van der Waals surface area (Å²) in [7, 11) is 3.16. The van der Waals surface area contributed by atoms with Crippen LogP contribution in [0.15, 0.2) is 42.5 Å². The maximum atomic E-state index is 12.2. The highest BCUT2D eigenvalue weighted by molar-refractivity contribution is 5.91. The van der Waals surface area contributed by atoms with Crippen LogP contribution in [0.2, 0.25) is 0 Å². The third kappa shape index (κ3) is 5.14. The zero-order valence-electron chi connectivity index (χ0n) is 15.9. The van der Waals surface area contributed by atoms with Crippen LogP contribution in [-0.2, 0) is 16.0 Å². The lowest BCUT2D eigenvalue weighted by Crippen LogP contribution is -2.36. The van der Waals surface area contributed by atoms with Crippen molar-refractivity contribution >= 4 is 17.3 Å². The number of ether oxygens (including phenoxy) is 3. The number of nitrogens with one attached hydrogen (secondary N) is 1. The molecule has 0 radical (unpaired) electrons. The summed E-state index contributed by atoms with van der Waals surface area (Å²) in [5, 5.41) is 2.90. The lowest BCUT2D eigenvalue weighted by Gasteiger charge is -2.28. The van der Waals surface area contributed by atoms with Crippen LogP contribution in [0.3, 0.4) is 0 Å². The van der Waals surface area contributed by atoms with Crippen molar-refractivity contribution in [1.29, 1.82) is 0 Å². The number of nitrogens with zero attached hydrogens (tertiary/aromatic N) is 1. The number of hydrogen-bond acceptors (Lipinski definition) is 5. The molecule has 2 aromatic rings. The minimum Gasteiger partial charge on any atom is -0.493 e. The monoisotopic (exact) mass is 370 g/mol. The largest absolute Gasteiger partial charge is 0.493 e. The van der Waals surface area contributed by atoms with Gasteiger partial charge in [0.05, 0.1) is 27.4 Å². The van der Waals surface area contributed by atoms with Gasteiger partial charge in [-0.15, -0.1) is 0 Å². The van der Waals surface area contributed by atoms with E-state index in [9.17, 15) is 4.79 Å². The Kier molecular flexibility index (Phi) is 6.54. The minimum atomic E-state index is -0.0283. The second-order valence-corrected chi connectivity index (χ2v) is 6.38. The fourth-order valence-corrected chi connectivity index (χ4v) is 3.09. The quantitative estimate of drug-likeness (QED) is 0.812. The van der Waals surface area contributed by atoms with Gasteiger partial charge in [0.2, 0.25) is 5.91 Å². The number of carbonyl (C=O) groups excluding carboxylic acids is 1. The number of morpholine rings is 1. The molecule has 3 rings (SSSR count). The molecule has 1 heterocycles. The van der Waals surface area contributed by atoms with Crippen molar-refractivity contribution in [3.8, 4) is 11.5 Å². The van der Waals surface area contributed by atoms with E-state index in [-0.39, 0.29) is 5.91 Å². The zero-order valence-corrected chi connectivity index (χ0v) is 15.9. The molecule has 6 heteroatoms. The second kappa shape index (κ2) is 9.28. The fraction of sp³-hybridized carbons (Fsp3) is 0.381. The highest BCUT2D eigenvalue weighted by atomic mass is 16.5. The average Bonchev–Trinajstić information content (AvgIpc) is 2.73. The van der Waals surface area contributed by atoms with E-state index in [1.165, 1.54) is 5.69 Å². The molecule has 0 unspecified atom stereocenters. The number of benzene rings is 2. The maximum Gasteiger partial charge on any atom is 0.224 e. The predicted octanol–water partition coefficient (Wildman–Crippen LogP) is 3.11. The Labute approximate surface area is 160 Å². The lowest BCUT2D eigenvalue weighted by atomic mass is 10.1. The van der Waals surface area contributed by atoms with Crippen molar-refractivity contribution in [2.24, 2.45) is 0 Å². The van der Waals surface area contributed by atoms with Gasteiger partial charge in [-0.1, -0.05) is 12.1 Å². The summed E-state index contributed by atoms with van der Waals surface area (Å²) in [4.78, 5) is 14.6. The van der Waals surface area contributed by atoms with E-state index >= 15 is 0 Å². The molecule has 144 valence electrons. The van der Waals surface area contributed by atoms with Gasteiger partial charge in [-0.25, -0.2) is 0 Å². The van der Waals surface area contributed by atoms with Crippen molar-refractivity contribution in [2.75, 3.05) is 50.7 Å². The molecule has 1 saturated heterocycles. The topological polar surface area (TPSA) is 60.0 Å². The standard InChI is InChI=1S/C21H26N2O4/c1-25-19-9-6-17(15-20(19)26-2)22-21(24)10-5-16-3-7-18(8-4-16)23-11-13-27-14-12-23/h3-4,6-9,15H,5,10-14H2,1-2H3,(H,22,24). The number of amides is 1. The summed E-state index contributed by atoms with van der Waals surface area (Å²) in [5.41, 5.74) is 3.05. The highest BCUT2D eigenvalue weighted by Gasteiger charge is 2.11. The Balaban J connectivity index is 1.51. The normalized spacial score (nSPS) is 13.9. The van der Waals surface area contributed by atoms with Gasteiger partial charge in [0.25, 0.3) is 0 Å². The van der Waals surface area contributed by atoms with Crippen molar-refractivity contribution in [2.45, 2.75) is 12.8 Å². The molecular weight excluding hydrogens is 344 g/mol. The SMILES string of the molecule is COc1ccc(NC(=O)CCc2ccc(N3CCOCC3)cc2)cc1OC. The summed E-state index contributed by atoms with van der Waals surface area (Å²) in [6.07, 6.45) is 1.12. The van der Waals surface area contributed by atoms with E-state index in [4.69, 9.17) is 14.2 Å². The van der Waals surface area contributed by atoms with Gasteiger partial charge < -0.3 is 24.4 Å². The van der Waals surface area contributed by atoms with Gasteiger partial charge in [-0.2, -0.15) is 0 Å². The smallest absolute Gasteiger partial charge is 0.224 e. The molecule has 1 amide bonds. The molecule has 1 N–H and O–H groups in total. The van der Waals surface area contributed by atoms with Crippen LogP contribution in [0.5, 0.6) is 11.5 Å². The number of hydrogen-bond donors (Lipinski definition) is 1. The Hall–Kier alpha value is -2.73. The Bertz CT molecular complexity index is 755. The van der Waals surface area contributed by atoms with Crippen molar-refractivity contribution < 1.29 is 19.0 Å². The molecule has 1 aliphatic heterocycles. The van der Waals surface area contributed by atoms with E-state index in [1.54, 1.807) is 32.4 Å². The first-order chi connectivity index (χ1) is 13.2. The minimum absolute atomic E-state index is 0.0283. The van der Waals surface area contributed by atoms with Crippen LogP contribution in [0.4, 0.5) is 11.4 Å². The third-order valence-corrected chi connectivity index (χ3v) is 4.62. The first-order valence-electron chi connectivity index (χ1n) is 9.13. The van der Waals surface area contributed by atoms with Gasteiger partial charge in [-0.05, 0) is 36.2 Å². The highest BCUT2D eigenvalue weighted by Crippen LogP contribution is 2.29. The molecule has 1 fully saturated rings. The van der Waals surface area contributed by atoms with Gasteiger partial charge >= 0.3 is 0 Å². The summed E-state index contributed by atoms with van der Waals surface area (Å²) in [6, 6.07) is 13.8. The van der Waals surface area contributed by atoms with Crippen molar-refractivity contribution in [1.82, 2.24) is 0 Å². The Morgan fingerprint density at radius 2 is 1.74 bits per heavy atom. The number of methoxy groups -OCH3 is 2. The van der Waals surface area contributed by atoms with Crippen molar-refractivity contribution in [3.63, 3.8) is 0 Å². The molecule has 0 atom stereocenters. The van der Waals surface area contributed by atoms with Crippen LogP contribution in [0.1, 0.15) is 12.0 Å². The molecule has 27 heavy (non-hydrogen) atoms. The molecule has 0 saturated carbocycles. The molecule has 1 aliphatic rings. The fourth-order valence-electron chi connectivity index (χ4n) is 3.09. The van der Waals surface area contributed by atoms with Crippen LogP contribution >= 0.6 is 0 Å². The number of carbonyl (C=O) groups is 1. The van der Waals surface area contributed by atoms with Crippen LogP contribution < -0.4 is 19.7 Å². The van der Waals surface area contributed by atoms with Crippen LogP contribution in [0.25, 0.3) is 0 Å². The van der Waals surface area contributed by atoms with Crippen LogP contribution in [-0.4, -0.2) is 46.4 Å². The first kappa shape index (κ1) is 19.0. The molecule has 0 spiro atoms. The van der Waals surface area contributed by atoms with E-state index in [1.807, 2.05) is 0 Å². The maximum absolute atomic E-state index is 12.2.